The van der Waals surface area contributed by atoms with Crippen LogP contribution >= 0.6 is 0 Å². The molecule has 0 aromatic carbocycles. The topological polar surface area (TPSA) is 61.6 Å². The Morgan fingerprint density at radius 1 is 1.25 bits per heavy atom. The normalized spacial score (nSPS) is 21.3. The second-order valence-corrected chi connectivity index (χ2v) is 8.12. The van der Waals surface area contributed by atoms with Gasteiger partial charge in [0.2, 0.25) is 11.8 Å². The number of carbonyl (C=O) groups excluding carboxylic acids is 1. The Morgan fingerprint density at radius 3 is 2.50 bits per heavy atom. The Labute approximate surface area is 144 Å². The lowest BCUT2D eigenvalue weighted by molar-refractivity contribution is -0.117. The van der Waals surface area contributed by atoms with Crippen molar-refractivity contribution in [3.05, 3.63) is 11.8 Å². The van der Waals surface area contributed by atoms with Crippen LogP contribution in [0, 0.1) is 0 Å². The second kappa shape index (κ2) is 7.23. The molecular formula is C18H30N4O2. The van der Waals surface area contributed by atoms with Crippen LogP contribution in [0.15, 0.2) is 10.6 Å². The van der Waals surface area contributed by atoms with Gasteiger partial charge in [-0.2, -0.15) is 0 Å². The van der Waals surface area contributed by atoms with Gasteiger partial charge < -0.3 is 4.52 Å². The van der Waals surface area contributed by atoms with E-state index < -0.39 is 0 Å². The van der Waals surface area contributed by atoms with Gasteiger partial charge >= 0.3 is 0 Å². The molecule has 134 valence electrons. The van der Waals surface area contributed by atoms with Gasteiger partial charge in [0.1, 0.15) is 0 Å². The molecule has 1 saturated heterocycles. The number of rotatable bonds is 4. The SMILES string of the molecule is CC(C)(C)c1cc(NC(=O)CN2CCN(C3CCCC3)CC2)on1. The molecule has 6 nitrogen and oxygen atoms in total. The molecule has 3 rings (SSSR count). The molecule has 2 aliphatic rings. The standard InChI is InChI=1S/C18H30N4O2/c1-18(2,3)15-12-17(24-20-15)19-16(23)13-21-8-10-22(11-9-21)14-6-4-5-7-14/h12,14H,4-11,13H2,1-3H3,(H,19,23). The molecule has 2 heterocycles. The Hall–Kier alpha value is -1.40. The van der Waals surface area contributed by atoms with E-state index in [9.17, 15) is 4.79 Å². The number of aromatic nitrogens is 1. The highest BCUT2D eigenvalue weighted by atomic mass is 16.5. The maximum absolute atomic E-state index is 12.2. The summed E-state index contributed by atoms with van der Waals surface area (Å²) in [6.07, 6.45) is 5.45. The molecule has 2 fully saturated rings. The number of anilines is 1. The van der Waals surface area contributed by atoms with Crippen LogP contribution in [-0.4, -0.2) is 59.6 Å². The molecule has 1 amide bonds. The Balaban J connectivity index is 1.43. The molecule has 0 atom stereocenters. The molecule has 6 heteroatoms. The van der Waals surface area contributed by atoms with Gasteiger partial charge in [-0.05, 0) is 12.8 Å². The van der Waals surface area contributed by atoms with Crippen LogP contribution in [-0.2, 0) is 10.2 Å². The van der Waals surface area contributed by atoms with Gasteiger partial charge in [-0.3, -0.25) is 19.9 Å². The van der Waals surface area contributed by atoms with Crippen LogP contribution in [0.4, 0.5) is 5.88 Å². The van der Waals surface area contributed by atoms with Crippen molar-refractivity contribution in [1.82, 2.24) is 15.0 Å². The lowest BCUT2D eigenvalue weighted by atomic mass is 9.92. The highest BCUT2D eigenvalue weighted by Crippen LogP contribution is 2.25. The predicted octanol–water partition coefficient (Wildman–Crippen LogP) is 2.47. The van der Waals surface area contributed by atoms with E-state index >= 15 is 0 Å². The predicted molar refractivity (Wildman–Crippen MR) is 94.1 cm³/mol. The lowest BCUT2D eigenvalue weighted by Gasteiger charge is -2.37. The molecule has 0 spiro atoms. The van der Waals surface area contributed by atoms with Gasteiger partial charge in [-0.15, -0.1) is 0 Å². The first-order valence-electron chi connectivity index (χ1n) is 9.15. The fourth-order valence-corrected chi connectivity index (χ4v) is 3.62. The minimum Gasteiger partial charge on any atom is -0.338 e. The summed E-state index contributed by atoms with van der Waals surface area (Å²) in [5.41, 5.74) is 0.770. The number of nitrogens with one attached hydrogen (secondary N) is 1. The molecule has 0 unspecified atom stereocenters. The molecule has 0 radical (unpaired) electrons. The zero-order chi connectivity index (χ0) is 17.2. The van der Waals surface area contributed by atoms with E-state index in [1.165, 1.54) is 25.7 Å². The van der Waals surface area contributed by atoms with Gasteiger partial charge in [0, 0.05) is 43.7 Å². The summed E-state index contributed by atoms with van der Waals surface area (Å²) < 4.78 is 5.23. The monoisotopic (exact) mass is 334 g/mol. The van der Waals surface area contributed by atoms with Crippen LogP contribution < -0.4 is 5.32 Å². The third-order valence-corrected chi connectivity index (χ3v) is 5.16. The molecule has 1 aliphatic carbocycles. The molecule has 1 saturated carbocycles. The first-order valence-corrected chi connectivity index (χ1v) is 9.15. The number of amides is 1. The van der Waals surface area contributed by atoms with Gasteiger partial charge in [0.25, 0.3) is 0 Å². The van der Waals surface area contributed by atoms with Crippen molar-refractivity contribution in [2.75, 3.05) is 38.0 Å². The van der Waals surface area contributed by atoms with Gasteiger partial charge in [-0.1, -0.05) is 38.8 Å². The smallest absolute Gasteiger partial charge is 0.240 e. The number of hydrogen-bond donors (Lipinski definition) is 1. The van der Waals surface area contributed by atoms with E-state index in [4.69, 9.17) is 4.52 Å². The number of carbonyl (C=O) groups is 1. The van der Waals surface area contributed by atoms with Crippen molar-refractivity contribution >= 4 is 11.8 Å². The van der Waals surface area contributed by atoms with E-state index in [1.54, 1.807) is 0 Å². The zero-order valence-corrected chi connectivity index (χ0v) is 15.2. The third-order valence-electron chi connectivity index (χ3n) is 5.16. The van der Waals surface area contributed by atoms with E-state index in [1.807, 2.05) is 6.07 Å². The highest BCUT2D eigenvalue weighted by molar-refractivity contribution is 5.91. The molecule has 24 heavy (non-hydrogen) atoms. The maximum atomic E-state index is 12.2. The molecule has 1 aromatic heterocycles. The van der Waals surface area contributed by atoms with Crippen molar-refractivity contribution in [3.63, 3.8) is 0 Å². The summed E-state index contributed by atoms with van der Waals surface area (Å²) in [5, 5.41) is 6.86. The van der Waals surface area contributed by atoms with Gasteiger partial charge in [0.15, 0.2) is 0 Å². The van der Waals surface area contributed by atoms with Crippen molar-refractivity contribution in [2.24, 2.45) is 0 Å². The Bertz CT molecular complexity index is 550. The number of piperazine rings is 1. The summed E-state index contributed by atoms with van der Waals surface area (Å²) in [7, 11) is 0. The first-order chi connectivity index (χ1) is 11.4. The number of hydrogen-bond acceptors (Lipinski definition) is 5. The van der Waals surface area contributed by atoms with Crippen LogP contribution in [0.1, 0.15) is 52.1 Å². The van der Waals surface area contributed by atoms with Gasteiger partial charge in [-0.25, -0.2) is 0 Å². The van der Waals surface area contributed by atoms with Crippen molar-refractivity contribution in [2.45, 2.75) is 57.9 Å². The van der Waals surface area contributed by atoms with Crippen LogP contribution in [0.2, 0.25) is 0 Å². The summed E-state index contributed by atoms with van der Waals surface area (Å²) in [6, 6.07) is 2.60. The van der Waals surface area contributed by atoms with Crippen LogP contribution in [0.25, 0.3) is 0 Å². The van der Waals surface area contributed by atoms with E-state index in [0.29, 0.717) is 12.4 Å². The minimum absolute atomic E-state index is 0.0269. The average molecular weight is 334 g/mol. The Kier molecular flexibility index (Phi) is 5.25. The van der Waals surface area contributed by atoms with Gasteiger partial charge in [0.05, 0.1) is 12.2 Å². The average Bonchev–Trinajstić information content (AvgIpc) is 3.18. The second-order valence-electron chi connectivity index (χ2n) is 8.12. The highest BCUT2D eigenvalue weighted by Gasteiger charge is 2.27. The summed E-state index contributed by atoms with van der Waals surface area (Å²) in [5.74, 6) is 0.412. The quantitative estimate of drug-likeness (QED) is 0.916. The van der Waals surface area contributed by atoms with Crippen molar-refractivity contribution in [1.29, 1.82) is 0 Å². The minimum atomic E-state index is -0.0803. The van der Waals surface area contributed by atoms with E-state index in [2.05, 4.69) is 41.0 Å². The zero-order valence-electron chi connectivity index (χ0n) is 15.2. The van der Waals surface area contributed by atoms with Crippen molar-refractivity contribution < 1.29 is 9.32 Å². The largest absolute Gasteiger partial charge is 0.338 e. The lowest BCUT2D eigenvalue weighted by Crippen LogP contribution is -2.51. The molecule has 1 aromatic rings. The maximum Gasteiger partial charge on any atom is 0.240 e. The summed E-state index contributed by atoms with van der Waals surface area (Å²) in [6.45, 7) is 10.7. The molecular weight excluding hydrogens is 304 g/mol. The fourth-order valence-electron chi connectivity index (χ4n) is 3.62. The molecule has 1 N–H and O–H groups in total. The summed E-state index contributed by atoms with van der Waals surface area (Å²) >= 11 is 0. The third kappa shape index (κ3) is 4.36. The molecule has 0 bridgehead atoms. The van der Waals surface area contributed by atoms with E-state index in [0.717, 1.165) is 37.9 Å². The van der Waals surface area contributed by atoms with E-state index in [-0.39, 0.29) is 11.3 Å². The first kappa shape index (κ1) is 17.4. The number of nitrogens with zero attached hydrogens (tertiary/aromatic N) is 3. The van der Waals surface area contributed by atoms with Crippen LogP contribution in [0.3, 0.4) is 0 Å². The van der Waals surface area contributed by atoms with Crippen molar-refractivity contribution in [3.8, 4) is 0 Å². The summed E-state index contributed by atoms with van der Waals surface area (Å²) in [4.78, 5) is 17.1. The Morgan fingerprint density at radius 2 is 1.92 bits per heavy atom. The van der Waals surface area contributed by atoms with Crippen LogP contribution in [0.5, 0.6) is 0 Å². The fraction of sp³-hybridized carbons (Fsp3) is 0.778. The molecule has 1 aliphatic heterocycles.